The van der Waals surface area contributed by atoms with Crippen molar-refractivity contribution in [2.45, 2.75) is 57.7 Å². The molecule has 1 aromatic rings. The summed E-state index contributed by atoms with van der Waals surface area (Å²) in [6.45, 7) is 0.807. The largest absolute Gasteiger partial charge is 0.494 e. The van der Waals surface area contributed by atoms with E-state index in [1.54, 1.807) is 6.07 Å². The molecule has 1 N–H and O–H groups in total. The fourth-order valence-electron chi connectivity index (χ4n) is 2.20. The van der Waals surface area contributed by atoms with Crippen molar-refractivity contribution in [2.75, 3.05) is 17.9 Å². The summed E-state index contributed by atoms with van der Waals surface area (Å²) >= 11 is 0. The van der Waals surface area contributed by atoms with Crippen LogP contribution in [0.3, 0.4) is 0 Å². The molecule has 2 aliphatic rings. The first-order valence-electron chi connectivity index (χ1n) is 11.6. The second-order valence-electron chi connectivity index (χ2n) is 6.34. The van der Waals surface area contributed by atoms with Crippen LogP contribution in [0.4, 0.5) is 5.69 Å². The first kappa shape index (κ1) is 8.18. The van der Waals surface area contributed by atoms with Gasteiger partial charge in [0.15, 0.2) is 0 Å². The fourth-order valence-corrected chi connectivity index (χ4v) is 2.20. The Hall–Kier alpha value is -1.04. The number of rotatable bonds is 2. The van der Waals surface area contributed by atoms with Crippen molar-refractivity contribution in [1.82, 2.24) is 0 Å². The van der Waals surface area contributed by atoms with Gasteiger partial charge in [0.2, 0.25) is 0 Å². The summed E-state index contributed by atoms with van der Waals surface area (Å²) in [6.07, 6.45) is -10.7. The van der Waals surface area contributed by atoms with E-state index < -0.39 is 50.1 Å². The van der Waals surface area contributed by atoms with Gasteiger partial charge in [-0.05, 0) is 58.0 Å². The molecule has 0 atom stereocenters. The first-order valence-corrected chi connectivity index (χ1v) is 7.13. The highest BCUT2D eigenvalue weighted by Gasteiger charge is 2.51. The Bertz CT molecular complexity index is 845. The van der Waals surface area contributed by atoms with Crippen molar-refractivity contribution in [3.05, 3.63) is 24.3 Å². The van der Waals surface area contributed by atoms with Gasteiger partial charge in [-0.1, -0.05) is 12.1 Å². The van der Waals surface area contributed by atoms with Gasteiger partial charge < -0.3 is 19.3 Å². The maximum absolute atomic E-state index is 10.3. The molecule has 0 unspecified atom stereocenters. The van der Waals surface area contributed by atoms with Crippen LogP contribution in [0.1, 0.15) is 52.8 Å². The minimum absolute atomic E-state index is 0.189. The summed E-state index contributed by atoms with van der Waals surface area (Å²) in [6, 6.07) is 5.71. The summed E-state index contributed by atoms with van der Waals surface area (Å²) in [5.74, 6) is 0. The lowest BCUT2D eigenvalue weighted by molar-refractivity contribution is 0.00578. The predicted octanol–water partition coefficient (Wildman–Crippen LogP) is 1.95. The number of anilines is 1. The van der Waals surface area contributed by atoms with Gasteiger partial charge in [-0.15, -0.1) is 0 Å². The summed E-state index contributed by atoms with van der Waals surface area (Å²) in [4.78, 5) is 0.303. The highest BCUT2D eigenvalue weighted by Crippen LogP contribution is 2.36. The van der Waals surface area contributed by atoms with E-state index in [0.717, 1.165) is 0 Å². The topological polar surface area (TPSA) is 41.9 Å². The third-order valence-electron chi connectivity index (χ3n) is 4.23. The van der Waals surface area contributed by atoms with E-state index >= 15 is 0 Å². The van der Waals surface area contributed by atoms with E-state index in [1.165, 1.54) is 18.2 Å². The van der Waals surface area contributed by atoms with Crippen LogP contribution in [0.2, 0.25) is 0 Å². The van der Waals surface area contributed by atoms with Crippen molar-refractivity contribution in [3.8, 4) is 0 Å². The number of hydrogen-bond acceptors (Lipinski definition) is 4. The molecule has 2 aliphatic heterocycles. The zero-order valence-electron chi connectivity index (χ0n) is 22.1. The second-order valence-corrected chi connectivity index (χ2v) is 6.34. The molecule has 5 heteroatoms. The van der Waals surface area contributed by atoms with Crippen LogP contribution < -0.4 is 10.4 Å². The zero-order chi connectivity index (χ0) is 24.1. The molecule has 0 bridgehead atoms. The van der Waals surface area contributed by atoms with Crippen LogP contribution >= 0.6 is 0 Å². The third kappa shape index (κ3) is 2.90. The van der Waals surface area contributed by atoms with Crippen LogP contribution in [-0.2, 0) is 9.31 Å². The normalized spacial score (nSPS) is 41.4. The van der Waals surface area contributed by atoms with E-state index in [4.69, 9.17) is 21.6 Å². The Morgan fingerprint density at radius 3 is 2.41 bits per heavy atom. The molecular formula is C17H26BNO3. The lowest BCUT2D eigenvalue weighted by Gasteiger charge is -2.32. The smallest absolute Gasteiger partial charge is 0.399 e. The Balaban J connectivity index is 2.13. The van der Waals surface area contributed by atoms with Gasteiger partial charge in [0.1, 0.15) is 0 Å². The lowest BCUT2D eigenvalue weighted by atomic mass is 9.79. The van der Waals surface area contributed by atoms with E-state index in [9.17, 15) is 5.11 Å². The molecule has 22 heavy (non-hydrogen) atoms. The van der Waals surface area contributed by atoms with E-state index in [-0.39, 0.29) is 5.69 Å². The quantitative estimate of drug-likeness (QED) is 0.848. The van der Waals surface area contributed by atoms with Crippen molar-refractivity contribution in [1.29, 1.82) is 0 Å². The van der Waals surface area contributed by atoms with Gasteiger partial charge in [-0.2, -0.15) is 0 Å². The van der Waals surface area contributed by atoms with Crippen LogP contribution in [0.25, 0.3) is 0 Å². The van der Waals surface area contributed by atoms with Crippen molar-refractivity contribution in [3.63, 3.8) is 0 Å². The van der Waals surface area contributed by atoms with Gasteiger partial charge in [0.25, 0.3) is 0 Å². The number of piperidine rings is 1. The summed E-state index contributed by atoms with van der Waals surface area (Å²) < 4.78 is 85.0. The molecule has 0 aliphatic carbocycles. The molecule has 120 valence electrons. The highest BCUT2D eigenvalue weighted by molar-refractivity contribution is 6.62. The molecule has 2 saturated heterocycles. The molecule has 0 amide bonds. The second kappa shape index (κ2) is 5.55. The minimum Gasteiger partial charge on any atom is -0.399 e. The third-order valence-corrected chi connectivity index (χ3v) is 4.23. The van der Waals surface area contributed by atoms with E-state index in [1.807, 2.05) is 27.7 Å². The fraction of sp³-hybridized carbons (Fsp3) is 0.647. The number of hydrogen-bond donors (Lipinski definition) is 1. The van der Waals surface area contributed by atoms with Gasteiger partial charge in [-0.25, -0.2) is 0 Å². The maximum atomic E-state index is 10.3. The zero-order valence-corrected chi connectivity index (χ0v) is 13.1. The molecule has 4 nitrogen and oxygen atoms in total. The Morgan fingerprint density at radius 2 is 1.82 bits per heavy atom. The predicted molar refractivity (Wildman–Crippen MR) is 89.6 cm³/mol. The van der Waals surface area contributed by atoms with Gasteiger partial charge in [-0.3, -0.25) is 0 Å². The Kier molecular flexibility index (Phi) is 2.06. The summed E-state index contributed by atoms with van der Waals surface area (Å²) in [5, 5.41) is 10.3. The molecule has 0 saturated carbocycles. The number of aliphatic hydroxyl groups is 1. The minimum atomic E-state index is -3.70. The molecule has 3 rings (SSSR count). The number of nitrogens with zero attached hydrogens (tertiary/aromatic N) is 1. The van der Waals surface area contributed by atoms with Crippen molar-refractivity contribution >= 4 is 18.3 Å². The van der Waals surface area contributed by atoms with Crippen molar-refractivity contribution in [2.24, 2.45) is 0 Å². The van der Waals surface area contributed by atoms with E-state index in [2.05, 4.69) is 0 Å². The van der Waals surface area contributed by atoms with Crippen molar-refractivity contribution < 1.29 is 26.8 Å². The van der Waals surface area contributed by atoms with Crippen LogP contribution in [-0.4, -0.2) is 42.5 Å². The van der Waals surface area contributed by atoms with Gasteiger partial charge in [0.05, 0.1) is 18.7 Å². The molecule has 0 spiro atoms. The Morgan fingerprint density at radius 1 is 1.23 bits per heavy atom. The monoisotopic (exact) mass is 312 g/mol. The molecular weight excluding hydrogens is 277 g/mol. The van der Waals surface area contributed by atoms with Crippen LogP contribution in [0.15, 0.2) is 24.3 Å². The SMILES string of the molecule is [2H]C1([2H])N(c2cccc(B3OC(C)(C)C(C)(C)O3)c2)C([2H])([2H])C([2H])([2H])C([2H])(O)C1([2H])[2H]. The average Bonchev–Trinajstić information content (AvgIpc) is 2.81. The van der Waals surface area contributed by atoms with Gasteiger partial charge in [0, 0.05) is 29.6 Å². The number of benzene rings is 1. The molecule has 1 aromatic carbocycles. The maximum Gasteiger partial charge on any atom is 0.494 e. The molecule has 0 aromatic heterocycles. The molecule has 0 radical (unpaired) electrons. The van der Waals surface area contributed by atoms with Gasteiger partial charge >= 0.3 is 7.12 Å². The Labute approximate surface area is 146 Å². The van der Waals surface area contributed by atoms with E-state index in [0.29, 0.717) is 10.4 Å². The highest BCUT2D eigenvalue weighted by atomic mass is 16.7. The van der Waals surface area contributed by atoms with Crippen LogP contribution in [0.5, 0.6) is 0 Å². The molecule has 2 fully saturated rings. The summed E-state index contributed by atoms with van der Waals surface area (Å²) in [5.41, 5.74) is -1.13. The average molecular weight is 312 g/mol. The van der Waals surface area contributed by atoms with Crippen LogP contribution in [0, 0.1) is 0 Å². The summed E-state index contributed by atoms with van der Waals surface area (Å²) in [7, 11) is -0.867. The lowest BCUT2D eigenvalue weighted by Crippen LogP contribution is -2.41. The first-order chi connectivity index (χ1) is 13.7. The standard InChI is InChI=1S/C17H26BNO3/c1-16(2)17(3,4)22-18(21-16)13-6-5-7-14(12-13)19-10-8-15(20)9-11-19/h5-7,12,15,20H,8-11H2,1-4H3/i8D2,9D2,10D2,11D2,15D. The molecule has 2 heterocycles.